The maximum atomic E-state index is 11.2. The lowest BCUT2D eigenvalue weighted by Gasteiger charge is -2.05. The van der Waals surface area contributed by atoms with E-state index in [1.165, 1.54) is 6.92 Å². The van der Waals surface area contributed by atoms with Gasteiger partial charge in [-0.05, 0) is 28.8 Å². The van der Waals surface area contributed by atoms with Gasteiger partial charge in [0.1, 0.15) is 0 Å². The minimum absolute atomic E-state index is 0.0420. The van der Waals surface area contributed by atoms with Crippen LogP contribution in [0.25, 0.3) is 16.8 Å². The highest BCUT2D eigenvalue weighted by Crippen LogP contribution is 2.23. The zero-order chi connectivity index (χ0) is 15.2. The molecule has 21 heavy (non-hydrogen) atoms. The van der Waals surface area contributed by atoms with Crippen LogP contribution in [-0.2, 0) is 4.79 Å². The SMILES string of the molecule is CC(=O)NCCC=Cc1cccc2c(C(=O)O)cccc12. The van der Waals surface area contributed by atoms with Crippen LogP contribution < -0.4 is 5.32 Å². The molecular formula is C17H17NO3. The van der Waals surface area contributed by atoms with Crippen LogP contribution in [0.1, 0.15) is 29.3 Å². The standard InChI is InChI=1S/C17H17NO3/c1-12(19)18-11-3-2-6-13-7-4-9-15-14(13)8-5-10-16(15)17(20)21/h2,4-10H,3,11H2,1H3,(H,18,19)(H,20,21). The van der Waals surface area contributed by atoms with Crippen molar-refractivity contribution in [1.29, 1.82) is 0 Å². The predicted octanol–water partition coefficient (Wildman–Crippen LogP) is 3.08. The number of carboxylic acids is 1. The maximum Gasteiger partial charge on any atom is 0.336 e. The van der Waals surface area contributed by atoms with E-state index in [1.54, 1.807) is 12.1 Å². The first-order valence-electron chi connectivity index (χ1n) is 6.75. The van der Waals surface area contributed by atoms with E-state index in [0.717, 1.165) is 22.8 Å². The number of hydrogen-bond donors (Lipinski definition) is 2. The van der Waals surface area contributed by atoms with Crippen molar-refractivity contribution in [3.8, 4) is 0 Å². The summed E-state index contributed by atoms with van der Waals surface area (Å²) in [6, 6.07) is 10.9. The summed E-state index contributed by atoms with van der Waals surface area (Å²) in [4.78, 5) is 22.0. The summed E-state index contributed by atoms with van der Waals surface area (Å²) in [6.07, 6.45) is 4.66. The van der Waals surface area contributed by atoms with E-state index in [1.807, 2.05) is 36.4 Å². The Kier molecular flexibility index (Phi) is 4.72. The summed E-state index contributed by atoms with van der Waals surface area (Å²) < 4.78 is 0. The second-order valence-corrected chi connectivity index (χ2v) is 4.73. The van der Waals surface area contributed by atoms with Crippen molar-refractivity contribution >= 4 is 28.7 Å². The van der Waals surface area contributed by atoms with E-state index in [9.17, 15) is 14.7 Å². The van der Waals surface area contributed by atoms with Crippen LogP contribution in [0.2, 0.25) is 0 Å². The summed E-state index contributed by atoms with van der Waals surface area (Å²) in [5, 5.41) is 13.6. The van der Waals surface area contributed by atoms with Crippen molar-refractivity contribution in [3.05, 3.63) is 53.6 Å². The average molecular weight is 283 g/mol. The Morgan fingerprint density at radius 3 is 2.57 bits per heavy atom. The van der Waals surface area contributed by atoms with Gasteiger partial charge in [-0.15, -0.1) is 0 Å². The molecule has 0 aliphatic rings. The summed E-state index contributed by atoms with van der Waals surface area (Å²) in [5.74, 6) is -0.966. The summed E-state index contributed by atoms with van der Waals surface area (Å²) in [6.45, 7) is 2.08. The van der Waals surface area contributed by atoms with Gasteiger partial charge in [-0.25, -0.2) is 4.79 Å². The van der Waals surface area contributed by atoms with Crippen molar-refractivity contribution in [2.45, 2.75) is 13.3 Å². The lowest BCUT2D eigenvalue weighted by Crippen LogP contribution is -2.20. The Hall–Kier alpha value is -2.62. The van der Waals surface area contributed by atoms with E-state index in [-0.39, 0.29) is 5.91 Å². The number of carbonyl (C=O) groups is 2. The van der Waals surface area contributed by atoms with Crippen LogP contribution >= 0.6 is 0 Å². The Bertz CT molecular complexity index is 704. The van der Waals surface area contributed by atoms with Gasteiger partial charge in [-0.2, -0.15) is 0 Å². The van der Waals surface area contributed by atoms with Crippen LogP contribution in [0, 0.1) is 0 Å². The van der Waals surface area contributed by atoms with Gasteiger partial charge in [0.05, 0.1) is 5.56 Å². The van der Waals surface area contributed by atoms with Crippen LogP contribution in [0.5, 0.6) is 0 Å². The highest BCUT2D eigenvalue weighted by molar-refractivity contribution is 6.05. The quantitative estimate of drug-likeness (QED) is 0.829. The zero-order valence-electron chi connectivity index (χ0n) is 11.8. The number of amides is 1. The molecule has 0 bridgehead atoms. The van der Waals surface area contributed by atoms with Gasteiger partial charge < -0.3 is 10.4 Å². The lowest BCUT2D eigenvalue weighted by atomic mass is 9.99. The molecule has 4 heteroatoms. The van der Waals surface area contributed by atoms with Gasteiger partial charge in [0.2, 0.25) is 5.91 Å². The average Bonchev–Trinajstić information content (AvgIpc) is 2.46. The van der Waals surface area contributed by atoms with E-state index in [2.05, 4.69) is 5.32 Å². The van der Waals surface area contributed by atoms with E-state index < -0.39 is 5.97 Å². The van der Waals surface area contributed by atoms with Crippen molar-refractivity contribution < 1.29 is 14.7 Å². The number of carbonyl (C=O) groups excluding carboxylic acids is 1. The second kappa shape index (κ2) is 6.70. The largest absolute Gasteiger partial charge is 0.478 e. The first-order chi connectivity index (χ1) is 10.1. The van der Waals surface area contributed by atoms with Gasteiger partial charge >= 0.3 is 5.97 Å². The Balaban J connectivity index is 2.25. The molecule has 2 aromatic carbocycles. The fraction of sp³-hybridized carbons (Fsp3) is 0.176. The number of benzene rings is 2. The molecule has 2 N–H and O–H groups in total. The van der Waals surface area contributed by atoms with Crippen LogP contribution in [0.15, 0.2) is 42.5 Å². The third kappa shape index (κ3) is 3.69. The molecule has 4 nitrogen and oxygen atoms in total. The molecule has 0 saturated heterocycles. The first kappa shape index (κ1) is 14.8. The molecule has 0 saturated carbocycles. The molecule has 108 valence electrons. The molecule has 0 aromatic heterocycles. The maximum absolute atomic E-state index is 11.2. The molecule has 0 fully saturated rings. The molecule has 2 aromatic rings. The molecule has 0 spiro atoms. The second-order valence-electron chi connectivity index (χ2n) is 4.73. The van der Waals surface area contributed by atoms with Gasteiger partial charge in [0.15, 0.2) is 0 Å². The number of rotatable bonds is 5. The van der Waals surface area contributed by atoms with E-state index in [0.29, 0.717) is 12.1 Å². The van der Waals surface area contributed by atoms with E-state index >= 15 is 0 Å². The van der Waals surface area contributed by atoms with Gasteiger partial charge in [-0.1, -0.05) is 42.5 Å². The van der Waals surface area contributed by atoms with Gasteiger partial charge in [0, 0.05) is 13.5 Å². The number of carboxylic acid groups (broad SMARTS) is 1. The van der Waals surface area contributed by atoms with Gasteiger partial charge in [-0.3, -0.25) is 4.79 Å². The lowest BCUT2D eigenvalue weighted by molar-refractivity contribution is -0.118. The number of hydrogen-bond acceptors (Lipinski definition) is 2. The number of nitrogens with one attached hydrogen (secondary N) is 1. The molecule has 0 atom stereocenters. The van der Waals surface area contributed by atoms with Crippen molar-refractivity contribution in [1.82, 2.24) is 5.32 Å². The van der Waals surface area contributed by atoms with Crippen LogP contribution in [-0.4, -0.2) is 23.5 Å². The van der Waals surface area contributed by atoms with Crippen molar-refractivity contribution in [2.75, 3.05) is 6.54 Å². The van der Waals surface area contributed by atoms with Crippen LogP contribution in [0.3, 0.4) is 0 Å². The minimum Gasteiger partial charge on any atom is -0.478 e. The molecule has 0 unspecified atom stereocenters. The smallest absolute Gasteiger partial charge is 0.336 e. The van der Waals surface area contributed by atoms with Crippen molar-refractivity contribution in [3.63, 3.8) is 0 Å². The molecule has 0 aliphatic heterocycles. The molecular weight excluding hydrogens is 266 g/mol. The Labute approximate surface area is 123 Å². The molecule has 0 heterocycles. The normalized spacial score (nSPS) is 10.9. The monoisotopic (exact) mass is 283 g/mol. The first-order valence-corrected chi connectivity index (χ1v) is 6.75. The topological polar surface area (TPSA) is 66.4 Å². The molecule has 0 radical (unpaired) electrons. The highest BCUT2D eigenvalue weighted by atomic mass is 16.4. The number of fused-ring (bicyclic) bond motifs is 1. The summed E-state index contributed by atoms with van der Waals surface area (Å²) in [5.41, 5.74) is 1.28. The highest BCUT2D eigenvalue weighted by Gasteiger charge is 2.08. The number of aromatic carboxylic acids is 1. The van der Waals surface area contributed by atoms with Crippen LogP contribution in [0.4, 0.5) is 0 Å². The van der Waals surface area contributed by atoms with Gasteiger partial charge in [0.25, 0.3) is 0 Å². The minimum atomic E-state index is -0.924. The predicted molar refractivity (Wildman–Crippen MR) is 83.2 cm³/mol. The summed E-state index contributed by atoms with van der Waals surface area (Å²) >= 11 is 0. The zero-order valence-corrected chi connectivity index (χ0v) is 11.8. The third-order valence-corrected chi connectivity index (χ3v) is 3.17. The Morgan fingerprint density at radius 1 is 1.14 bits per heavy atom. The fourth-order valence-corrected chi connectivity index (χ4v) is 2.21. The molecule has 0 aliphatic carbocycles. The Morgan fingerprint density at radius 2 is 1.86 bits per heavy atom. The van der Waals surface area contributed by atoms with E-state index in [4.69, 9.17) is 0 Å². The third-order valence-electron chi connectivity index (χ3n) is 3.17. The summed E-state index contributed by atoms with van der Waals surface area (Å²) in [7, 11) is 0. The molecule has 1 amide bonds. The fourth-order valence-electron chi connectivity index (χ4n) is 2.21. The molecule has 2 rings (SSSR count). The van der Waals surface area contributed by atoms with Crippen molar-refractivity contribution in [2.24, 2.45) is 0 Å².